The number of hydrogen-bond acceptors (Lipinski definition) is 3. The van der Waals surface area contributed by atoms with E-state index in [1.165, 1.54) is 5.56 Å². The molecule has 0 aliphatic heterocycles. The van der Waals surface area contributed by atoms with Crippen molar-refractivity contribution in [3.05, 3.63) is 65.2 Å². The molecule has 0 saturated carbocycles. The number of aliphatic hydroxyl groups excluding tert-OH is 1. The van der Waals surface area contributed by atoms with Gasteiger partial charge in [0.2, 0.25) is 5.91 Å². The number of carbonyl (C=O) groups is 1. The zero-order chi connectivity index (χ0) is 15.1. The van der Waals surface area contributed by atoms with E-state index in [4.69, 9.17) is 10.8 Å². The zero-order valence-corrected chi connectivity index (χ0v) is 11.9. The summed E-state index contributed by atoms with van der Waals surface area (Å²) < 4.78 is 0. The highest BCUT2D eigenvalue weighted by molar-refractivity contribution is 5.92. The lowest BCUT2D eigenvalue weighted by Gasteiger charge is -2.09. The van der Waals surface area contributed by atoms with E-state index in [1.807, 2.05) is 24.3 Å². The molecule has 4 N–H and O–H groups in total. The van der Waals surface area contributed by atoms with Gasteiger partial charge in [-0.2, -0.15) is 0 Å². The third-order valence-corrected chi connectivity index (χ3v) is 3.26. The second-order valence-electron chi connectivity index (χ2n) is 4.95. The molecule has 21 heavy (non-hydrogen) atoms. The highest BCUT2D eigenvalue weighted by Gasteiger charge is 2.01. The van der Waals surface area contributed by atoms with E-state index in [1.54, 1.807) is 12.1 Å². The molecule has 0 unspecified atom stereocenters. The van der Waals surface area contributed by atoms with Gasteiger partial charge in [-0.3, -0.25) is 4.79 Å². The highest BCUT2D eigenvalue weighted by atomic mass is 16.2. The van der Waals surface area contributed by atoms with Crippen LogP contribution in [-0.4, -0.2) is 17.6 Å². The molecule has 2 rings (SSSR count). The van der Waals surface area contributed by atoms with Crippen molar-refractivity contribution >= 4 is 11.6 Å². The van der Waals surface area contributed by atoms with Gasteiger partial charge < -0.3 is 16.2 Å². The second kappa shape index (κ2) is 7.45. The van der Waals surface area contributed by atoms with Gasteiger partial charge in [0.1, 0.15) is 0 Å². The summed E-state index contributed by atoms with van der Waals surface area (Å²) in [6.45, 7) is 0.835. The summed E-state index contributed by atoms with van der Waals surface area (Å²) in [6, 6.07) is 15.4. The zero-order valence-electron chi connectivity index (χ0n) is 11.9. The number of aryl methyl sites for hydroxylation is 1. The molecule has 2 aromatic carbocycles. The number of nitrogens with two attached hydrogens (primary N) is 1. The number of nitrogens with one attached hydrogen (secondary N) is 1. The molecule has 1 amide bonds. The third-order valence-electron chi connectivity index (χ3n) is 3.26. The molecule has 0 radical (unpaired) electrons. The van der Waals surface area contributed by atoms with Gasteiger partial charge in [-0.1, -0.05) is 24.3 Å². The van der Waals surface area contributed by atoms with Crippen molar-refractivity contribution in [3.8, 4) is 0 Å². The summed E-state index contributed by atoms with van der Waals surface area (Å²) in [5, 5.41) is 12.2. The van der Waals surface area contributed by atoms with Gasteiger partial charge in [0.25, 0.3) is 0 Å². The Morgan fingerprint density at radius 3 is 2.62 bits per heavy atom. The van der Waals surface area contributed by atoms with Crippen molar-refractivity contribution in [3.63, 3.8) is 0 Å². The first kappa shape index (κ1) is 15.1. The Hall–Kier alpha value is -2.33. The summed E-state index contributed by atoms with van der Waals surface area (Å²) in [5.41, 5.74) is 9.02. The van der Waals surface area contributed by atoms with E-state index in [2.05, 4.69) is 17.4 Å². The lowest BCUT2D eigenvalue weighted by atomic mass is 10.1. The van der Waals surface area contributed by atoms with Crippen molar-refractivity contribution in [1.29, 1.82) is 0 Å². The van der Waals surface area contributed by atoms with Gasteiger partial charge in [0, 0.05) is 24.4 Å². The van der Waals surface area contributed by atoms with E-state index in [-0.39, 0.29) is 6.61 Å². The summed E-state index contributed by atoms with van der Waals surface area (Å²) in [6.07, 6.45) is 1.63. The topological polar surface area (TPSA) is 75.4 Å². The lowest BCUT2D eigenvalue weighted by Crippen LogP contribution is -2.11. The Morgan fingerprint density at radius 1 is 1.10 bits per heavy atom. The van der Waals surface area contributed by atoms with Crippen LogP contribution in [0.2, 0.25) is 0 Å². The number of anilines is 1. The average Bonchev–Trinajstić information content (AvgIpc) is 2.51. The Balaban J connectivity index is 1.99. The van der Waals surface area contributed by atoms with E-state index >= 15 is 0 Å². The Kier molecular flexibility index (Phi) is 5.35. The monoisotopic (exact) mass is 284 g/mol. The second-order valence-corrected chi connectivity index (χ2v) is 4.95. The summed E-state index contributed by atoms with van der Waals surface area (Å²) in [7, 11) is 0. The smallest absolute Gasteiger partial charge is 0.248 e. The maximum absolute atomic E-state index is 11.2. The molecule has 0 aliphatic carbocycles. The van der Waals surface area contributed by atoms with Crippen molar-refractivity contribution in [2.24, 2.45) is 5.73 Å². The standard InChI is InChI=1S/C17H20N2O2/c18-17(21)15-7-1-5-14(10-15)12-19-16-8-2-4-13(11-16)6-3-9-20/h1-2,4-5,7-8,10-11,19-20H,3,6,9,12H2,(H2,18,21). The molecule has 0 bridgehead atoms. The van der Waals surface area contributed by atoms with Crippen LogP contribution in [0.3, 0.4) is 0 Å². The van der Waals surface area contributed by atoms with Crippen LogP contribution >= 0.6 is 0 Å². The summed E-state index contributed by atoms with van der Waals surface area (Å²) in [5.74, 6) is -0.414. The van der Waals surface area contributed by atoms with Gasteiger partial charge in [0.15, 0.2) is 0 Å². The SMILES string of the molecule is NC(=O)c1cccc(CNc2cccc(CCCO)c2)c1. The number of primary amides is 1. The van der Waals surface area contributed by atoms with Crippen molar-refractivity contribution < 1.29 is 9.90 Å². The first-order valence-corrected chi connectivity index (χ1v) is 7.01. The molecule has 0 heterocycles. The first-order chi connectivity index (χ1) is 10.2. The molecule has 0 aromatic heterocycles. The van der Waals surface area contributed by atoms with E-state index < -0.39 is 5.91 Å². The fourth-order valence-corrected chi connectivity index (χ4v) is 2.16. The fourth-order valence-electron chi connectivity index (χ4n) is 2.16. The van der Waals surface area contributed by atoms with Crippen LogP contribution in [0.15, 0.2) is 48.5 Å². The minimum Gasteiger partial charge on any atom is -0.396 e. The molecule has 0 saturated heterocycles. The predicted molar refractivity (Wildman–Crippen MR) is 84.1 cm³/mol. The largest absolute Gasteiger partial charge is 0.396 e. The summed E-state index contributed by atoms with van der Waals surface area (Å²) >= 11 is 0. The third kappa shape index (κ3) is 4.61. The molecule has 0 spiro atoms. The number of amides is 1. The normalized spacial score (nSPS) is 10.3. The fraction of sp³-hybridized carbons (Fsp3) is 0.235. The minimum atomic E-state index is -0.414. The van der Waals surface area contributed by atoms with Crippen LogP contribution in [0.5, 0.6) is 0 Å². The van der Waals surface area contributed by atoms with E-state index in [0.29, 0.717) is 12.1 Å². The van der Waals surface area contributed by atoms with Gasteiger partial charge >= 0.3 is 0 Å². The number of hydrogen-bond donors (Lipinski definition) is 3. The van der Waals surface area contributed by atoms with Crippen LogP contribution in [0, 0.1) is 0 Å². The molecular formula is C17H20N2O2. The number of carbonyl (C=O) groups excluding carboxylic acids is 1. The van der Waals surface area contributed by atoms with Crippen LogP contribution < -0.4 is 11.1 Å². The van der Waals surface area contributed by atoms with Gasteiger partial charge in [0.05, 0.1) is 0 Å². The quantitative estimate of drug-likeness (QED) is 0.730. The molecule has 0 fully saturated rings. The number of aliphatic hydroxyl groups is 1. The molecular weight excluding hydrogens is 264 g/mol. The lowest BCUT2D eigenvalue weighted by molar-refractivity contribution is 0.1000. The van der Waals surface area contributed by atoms with E-state index in [0.717, 1.165) is 24.1 Å². The van der Waals surface area contributed by atoms with Crippen LogP contribution in [0.4, 0.5) is 5.69 Å². The van der Waals surface area contributed by atoms with E-state index in [9.17, 15) is 4.79 Å². The molecule has 4 heteroatoms. The summed E-state index contributed by atoms with van der Waals surface area (Å²) in [4.78, 5) is 11.2. The number of rotatable bonds is 7. The molecule has 0 atom stereocenters. The van der Waals surface area contributed by atoms with Gasteiger partial charge in [-0.15, -0.1) is 0 Å². The van der Waals surface area contributed by atoms with Crippen LogP contribution in [-0.2, 0) is 13.0 Å². The average molecular weight is 284 g/mol. The van der Waals surface area contributed by atoms with Crippen molar-refractivity contribution in [1.82, 2.24) is 0 Å². The minimum absolute atomic E-state index is 0.206. The molecule has 2 aromatic rings. The van der Waals surface area contributed by atoms with Crippen LogP contribution in [0.1, 0.15) is 27.9 Å². The molecule has 4 nitrogen and oxygen atoms in total. The van der Waals surface area contributed by atoms with Crippen molar-refractivity contribution in [2.75, 3.05) is 11.9 Å². The van der Waals surface area contributed by atoms with Gasteiger partial charge in [-0.25, -0.2) is 0 Å². The Labute approximate surface area is 124 Å². The van der Waals surface area contributed by atoms with Crippen molar-refractivity contribution in [2.45, 2.75) is 19.4 Å². The Morgan fingerprint density at radius 2 is 1.86 bits per heavy atom. The molecule has 0 aliphatic rings. The highest BCUT2D eigenvalue weighted by Crippen LogP contribution is 2.14. The first-order valence-electron chi connectivity index (χ1n) is 7.01. The maximum atomic E-state index is 11.2. The van der Waals surface area contributed by atoms with Crippen LogP contribution in [0.25, 0.3) is 0 Å². The Bertz CT molecular complexity index is 611. The van der Waals surface area contributed by atoms with Gasteiger partial charge in [-0.05, 0) is 48.2 Å². The molecule has 110 valence electrons. The number of benzene rings is 2. The predicted octanol–water partition coefficient (Wildman–Crippen LogP) is 2.32. The maximum Gasteiger partial charge on any atom is 0.248 e.